The Balaban J connectivity index is 1.83. The Kier molecular flexibility index (Phi) is 11.9. The highest BCUT2D eigenvalue weighted by atomic mass is 31.2. The maximum Gasteiger partial charge on any atom is 0.344 e. The van der Waals surface area contributed by atoms with Gasteiger partial charge in [0.05, 0.1) is 24.4 Å². The van der Waals surface area contributed by atoms with E-state index in [-0.39, 0.29) is 29.3 Å². The molecule has 0 aromatic carbocycles. The Morgan fingerprint density at radius 1 is 1.10 bits per heavy atom. The fourth-order valence-corrected chi connectivity index (χ4v) is 10.7. The second kappa shape index (κ2) is 14.2. The van der Waals surface area contributed by atoms with Crippen LogP contribution in [0.3, 0.4) is 0 Å². The van der Waals surface area contributed by atoms with E-state index in [1.54, 1.807) is 6.08 Å². The molecule has 0 radical (unpaired) electrons. The van der Waals surface area contributed by atoms with Crippen molar-refractivity contribution in [1.82, 2.24) is 0 Å². The number of aliphatic hydroxyl groups excluding tert-OH is 2. The maximum atomic E-state index is 14.2. The first-order valence-corrected chi connectivity index (χ1v) is 17.8. The van der Waals surface area contributed by atoms with Gasteiger partial charge in [0, 0.05) is 6.42 Å². The molecule has 0 heterocycles. The van der Waals surface area contributed by atoms with Crippen molar-refractivity contribution < 1.29 is 28.6 Å². The molecule has 0 aromatic rings. The Bertz CT molecular complexity index is 1100. The number of rotatable bonds is 12. The van der Waals surface area contributed by atoms with E-state index in [0.717, 1.165) is 43.3 Å². The molecule has 42 heavy (non-hydrogen) atoms. The third-order valence-corrected chi connectivity index (χ3v) is 13.6. The van der Waals surface area contributed by atoms with Gasteiger partial charge in [0.1, 0.15) is 5.16 Å². The lowest BCUT2D eigenvalue weighted by molar-refractivity contribution is -0.118. The van der Waals surface area contributed by atoms with Crippen molar-refractivity contribution in [3.8, 4) is 0 Å². The van der Waals surface area contributed by atoms with Crippen molar-refractivity contribution in [2.75, 3.05) is 0 Å². The molecule has 238 valence electrons. The predicted octanol–water partition coefficient (Wildman–Crippen LogP) is 8.49. The van der Waals surface area contributed by atoms with Crippen LogP contribution in [0.25, 0.3) is 0 Å². The van der Waals surface area contributed by atoms with Gasteiger partial charge in [-0.25, -0.2) is 0 Å². The molecule has 3 aliphatic rings. The zero-order valence-electron chi connectivity index (χ0n) is 27.4. The molecule has 3 fully saturated rings. The van der Waals surface area contributed by atoms with Crippen molar-refractivity contribution in [2.24, 2.45) is 23.2 Å². The Hall–Kier alpha value is -1.30. The predicted molar refractivity (Wildman–Crippen MR) is 171 cm³/mol. The van der Waals surface area contributed by atoms with E-state index < -0.39 is 25.0 Å². The molecule has 3 saturated carbocycles. The molecule has 3 aliphatic carbocycles. The van der Waals surface area contributed by atoms with Gasteiger partial charge in [-0.05, 0) is 119 Å². The summed E-state index contributed by atoms with van der Waals surface area (Å²) >= 11 is 0. The first-order valence-electron chi connectivity index (χ1n) is 16.3. The van der Waals surface area contributed by atoms with Gasteiger partial charge in [0.2, 0.25) is 0 Å². The molecule has 3 rings (SSSR count). The van der Waals surface area contributed by atoms with E-state index in [0.29, 0.717) is 37.5 Å². The van der Waals surface area contributed by atoms with Gasteiger partial charge in [-0.3, -0.25) is 9.36 Å². The summed E-state index contributed by atoms with van der Waals surface area (Å²) in [5.74, 6) is 0.917. The molecule has 2 N–H and O–H groups in total. The van der Waals surface area contributed by atoms with Gasteiger partial charge >= 0.3 is 7.60 Å². The van der Waals surface area contributed by atoms with Crippen molar-refractivity contribution in [3.63, 3.8) is 0 Å². The molecule has 0 aliphatic heterocycles. The molecular formula is C35H57O6P. The summed E-state index contributed by atoms with van der Waals surface area (Å²) in [6.45, 7) is 19.8. The van der Waals surface area contributed by atoms with Crippen molar-refractivity contribution in [2.45, 2.75) is 143 Å². The monoisotopic (exact) mass is 604 g/mol. The zero-order valence-corrected chi connectivity index (χ0v) is 28.3. The van der Waals surface area contributed by atoms with Crippen LogP contribution in [0.15, 0.2) is 47.6 Å². The minimum Gasteiger partial charge on any atom is -0.393 e. The van der Waals surface area contributed by atoms with Crippen LogP contribution in [0, 0.1) is 23.2 Å². The van der Waals surface area contributed by atoms with Crippen molar-refractivity contribution >= 4 is 13.4 Å². The van der Waals surface area contributed by atoms with Gasteiger partial charge in [-0.1, -0.05) is 58.1 Å². The average molecular weight is 605 g/mol. The average Bonchev–Trinajstić information content (AvgIpc) is 3.26. The molecule has 7 heteroatoms. The van der Waals surface area contributed by atoms with E-state index >= 15 is 0 Å². The normalized spacial score (nSPS) is 32.0. The lowest BCUT2D eigenvalue weighted by atomic mass is 9.61. The van der Waals surface area contributed by atoms with E-state index in [4.69, 9.17) is 9.05 Å². The summed E-state index contributed by atoms with van der Waals surface area (Å²) in [7, 11) is -3.74. The van der Waals surface area contributed by atoms with Gasteiger partial charge in [0.15, 0.2) is 5.78 Å². The quantitative estimate of drug-likeness (QED) is 0.171. The topological polar surface area (TPSA) is 93.1 Å². The SMILES string of the molecule is C=C1/C(=C\C=C2/CCC[C@@]3(C)C2CC[C@@H]3[C@H](C)/C=C/C(=O)C(CC)(CC)P(=O)(OC(C)C)OC(C)C)C[C@@H](O)C[C@@H]1O. The number of hydrogen-bond acceptors (Lipinski definition) is 6. The van der Waals surface area contributed by atoms with Crippen LogP contribution in [0.1, 0.15) is 113 Å². The highest BCUT2D eigenvalue weighted by molar-refractivity contribution is 7.57. The molecule has 1 unspecified atom stereocenters. The summed E-state index contributed by atoms with van der Waals surface area (Å²) in [5, 5.41) is 19.2. The number of hydrogen-bond donors (Lipinski definition) is 2. The maximum absolute atomic E-state index is 14.2. The van der Waals surface area contributed by atoms with Gasteiger partial charge in [-0.2, -0.15) is 0 Å². The smallest absolute Gasteiger partial charge is 0.344 e. The summed E-state index contributed by atoms with van der Waals surface area (Å²) in [5.41, 5.74) is 3.24. The minimum absolute atomic E-state index is 0.126. The second-order valence-electron chi connectivity index (χ2n) is 13.8. The number of fused-ring (bicyclic) bond motifs is 1. The summed E-state index contributed by atoms with van der Waals surface area (Å²) < 4.78 is 26.1. The number of carbonyl (C=O) groups excluding carboxylic acids is 1. The van der Waals surface area contributed by atoms with Crippen LogP contribution < -0.4 is 0 Å². The van der Waals surface area contributed by atoms with Crippen LogP contribution in [-0.2, 0) is 18.4 Å². The summed E-state index contributed by atoms with van der Waals surface area (Å²) in [4.78, 5) is 13.9. The largest absolute Gasteiger partial charge is 0.393 e. The standard InChI is InChI=1S/C35H57O6P/c1-10-35(11-2,42(39,40-23(3)4)41-24(5)6)33(38)19-14-25(7)30-17-18-31-27(13-12-20-34(30,31)9)15-16-28-21-29(36)22-32(37)26(28)8/h14-16,19,23-25,29-32,36-37H,8,10-13,17-18,20-22H2,1-7,9H3/b19-14+,27-15+,28-16-/t25-,29-,30-,31?,32+,34-/m1/s1. The molecule has 0 amide bonds. The van der Waals surface area contributed by atoms with Gasteiger partial charge in [-0.15, -0.1) is 0 Å². The molecule has 0 spiro atoms. The second-order valence-corrected chi connectivity index (χ2v) is 16.1. The van der Waals surface area contributed by atoms with Gasteiger partial charge < -0.3 is 19.3 Å². The van der Waals surface area contributed by atoms with Crippen molar-refractivity contribution in [3.05, 3.63) is 47.6 Å². The van der Waals surface area contributed by atoms with Gasteiger partial charge in [0.25, 0.3) is 0 Å². The first kappa shape index (κ1) is 35.2. The highest BCUT2D eigenvalue weighted by Gasteiger charge is 2.54. The van der Waals surface area contributed by atoms with E-state index in [9.17, 15) is 19.6 Å². The lowest BCUT2D eigenvalue weighted by Crippen LogP contribution is -2.39. The summed E-state index contributed by atoms with van der Waals surface area (Å²) in [6, 6.07) is 0. The first-order chi connectivity index (χ1) is 19.6. The lowest BCUT2D eigenvalue weighted by Gasteiger charge is -2.44. The Morgan fingerprint density at radius 2 is 1.71 bits per heavy atom. The van der Waals surface area contributed by atoms with Crippen LogP contribution in [0.4, 0.5) is 0 Å². The molecule has 6 atom stereocenters. The highest BCUT2D eigenvalue weighted by Crippen LogP contribution is 2.65. The van der Waals surface area contributed by atoms with Crippen LogP contribution in [-0.4, -0.2) is 45.6 Å². The fourth-order valence-electron chi connectivity index (χ4n) is 8.04. The zero-order chi connectivity index (χ0) is 31.5. The third-order valence-electron chi connectivity index (χ3n) is 10.3. The number of ketones is 1. The molecule has 0 aromatic heterocycles. The Morgan fingerprint density at radius 3 is 2.29 bits per heavy atom. The van der Waals surface area contributed by atoms with Crippen LogP contribution >= 0.6 is 7.60 Å². The Labute approximate surface area is 255 Å². The van der Waals surface area contributed by atoms with Crippen molar-refractivity contribution in [1.29, 1.82) is 0 Å². The van der Waals surface area contributed by atoms with Crippen LogP contribution in [0.5, 0.6) is 0 Å². The molecule has 0 bridgehead atoms. The fraction of sp³-hybridized carbons (Fsp3) is 0.743. The molecule has 6 nitrogen and oxygen atoms in total. The minimum atomic E-state index is -3.74. The van der Waals surface area contributed by atoms with E-state index in [2.05, 4.69) is 32.6 Å². The third kappa shape index (κ3) is 7.15. The number of aliphatic hydroxyl groups is 2. The van der Waals surface area contributed by atoms with Crippen LogP contribution in [0.2, 0.25) is 0 Å². The van der Waals surface area contributed by atoms with E-state index in [1.165, 1.54) is 5.57 Å². The summed E-state index contributed by atoms with van der Waals surface area (Å²) in [6.07, 6.45) is 13.4. The molecule has 0 saturated heterocycles. The van der Waals surface area contributed by atoms with E-state index in [1.807, 2.05) is 47.6 Å². The number of allylic oxidation sites excluding steroid dienone is 5. The number of carbonyl (C=O) groups is 1. The molecular weight excluding hydrogens is 547 g/mol.